The van der Waals surface area contributed by atoms with Crippen LogP contribution in [0.25, 0.3) is 32.0 Å². The maximum absolute atomic E-state index is 13.0. The van der Waals surface area contributed by atoms with Gasteiger partial charge in [-0.05, 0) is 69.2 Å². The SMILES string of the molecule is CC(C)(C)OC(=O)C(C)(C)Sc1ccc2cnsc2c1-c1ccc(C#N)c2ccccc12. The van der Waals surface area contributed by atoms with Crippen LogP contribution in [0.4, 0.5) is 0 Å². The normalized spacial score (nSPS) is 12.1. The van der Waals surface area contributed by atoms with Gasteiger partial charge in [-0.1, -0.05) is 36.4 Å². The minimum atomic E-state index is -0.789. The fraction of sp³-hybridized carbons (Fsp3) is 0.269. The Labute approximate surface area is 196 Å². The summed E-state index contributed by atoms with van der Waals surface area (Å²) in [4.78, 5) is 13.9. The summed E-state index contributed by atoms with van der Waals surface area (Å²) in [6, 6.07) is 18.2. The van der Waals surface area contributed by atoms with Gasteiger partial charge in [-0.2, -0.15) is 9.64 Å². The van der Waals surface area contributed by atoms with Gasteiger partial charge in [0.05, 0.1) is 16.3 Å². The second-order valence-electron chi connectivity index (χ2n) is 9.12. The van der Waals surface area contributed by atoms with Crippen molar-refractivity contribution in [2.75, 3.05) is 0 Å². The highest BCUT2D eigenvalue weighted by atomic mass is 32.2. The Bertz CT molecular complexity index is 1370. The summed E-state index contributed by atoms with van der Waals surface area (Å²) in [6.07, 6.45) is 1.86. The van der Waals surface area contributed by atoms with Crippen LogP contribution in [0.15, 0.2) is 59.6 Å². The van der Waals surface area contributed by atoms with Gasteiger partial charge < -0.3 is 4.74 Å². The van der Waals surface area contributed by atoms with Gasteiger partial charge in [0.1, 0.15) is 10.3 Å². The van der Waals surface area contributed by atoms with Gasteiger partial charge in [-0.3, -0.25) is 4.79 Å². The van der Waals surface area contributed by atoms with Crippen molar-refractivity contribution in [1.82, 2.24) is 4.37 Å². The summed E-state index contributed by atoms with van der Waals surface area (Å²) in [5.74, 6) is -0.255. The minimum absolute atomic E-state index is 0.255. The van der Waals surface area contributed by atoms with E-state index in [2.05, 4.69) is 16.5 Å². The number of aromatic nitrogens is 1. The Hall–Kier alpha value is -2.88. The Morgan fingerprint density at radius 2 is 1.75 bits per heavy atom. The molecule has 0 bridgehead atoms. The van der Waals surface area contributed by atoms with E-state index in [1.54, 1.807) is 0 Å². The van der Waals surface area contributed by atoms with Crippen molar-refractivity contribution in [2.24, 2.45) is 0 Å². The summed E-state index contributed by atoms with van der Waals surface area (Å²) >= 11 is 2.93. The molecule has 6 heteroatoms. The van der Waals surface area contributed by atoms with Crippen LogP contribution in [-0.2, 0) is 9.53 Å². The number of rotatable bonds is 4. The number of carbonyl (C=O) groups is 1. The molecule has 0 saturated heterocycles. The first kappa shape index (κ1) is 22.3. The van der Waals surface area contributed by atoms with Gasteiger partial charge in [-0.25, -0.2) is 0 Å². The Morgan fingerprint density at radius 3 is 2.44 bits per heavy atom. The quantitative estimate of drug-likeness (QED) is 0.238. The van der Waals surface area contributed by atoms with Crippen LogP contribution < -0.4 is 0 Å². The smallest absolute Gasteiger partial charge is 0.322 e. The third kappa shape index (κ3) is 4.23. The molecule has 1 aromatic heterocycles. The second kappa shape index (κ2) is 8.23. The molecule has 1 heterocycles. The van der Waals surface area contributed by atoms with E-state index in [1.807, 2.05) is 83.3 Å². The van der Waals surface area contributed by atoms with Crippen molar-refractivity contribution in [1.29, 1.82) is 5.26 Å². The molecule has 0 aliphatic carbocycles. The minimum Gasteiger partial charge on any atom is -0.459 e. The van der Waals surface area contributed by atoms with E-state index in [9.17, 15) is 10.1 Å². The Kier molecular flexibility index (Phi) is 5.74. The van der Waals surface area contributed by atoms with Gasteiger partial charge in [0.25, 0.3) is 0 Å². The first-order valence-electron chi connectivity index (χ1n) is 10.3. The number of esters is 1. The molecular weight excluding hydrogens is 436 g/mol. The van der Waals surface area contributed by atoms with Gasteiger partial charge >= 0.3 is 5.97 Å². The van der Waals surface area contributed by atoms with Crippen molar-refractivity contribution >= 4 is 50.1 Å². The number of hydrogen-bond donors (Lipinski definition) is 0. The van der Waals surface area contributed by atoms with E-state index >= 15 is 0 Å². The summed E-state index contributed by atoms with van der Waals surface area (Å²) < 4.78 is 10.4. The molecule has 0 aliphatic heterocycles. The number of carbonyl (C=O) groups excluding carboxylic acids is 1. The molecule has 3 aromatic carbocycles. The standard InChI is InChI=1S/C26H24N2O2S2/c1-25(2,3)30-24(29)26(4,5)31-21-13-11-17-15-28-32-23(17)22(21)20-12-10-16(14-27)18-8-6-7-9-19(18)20/h6-13,15H,1-5H3. The predicted octanol–water partition coefficient (Wildman–Crippen LogP) is 7.20. The number of benzene rings is 3. The van der Waals surface area contributed by atoms with E-state index in [4.69, 9.17) is 4.74 Å². The number of nitriles is 1. The molecule has 0 amide bonds. The number of thioether (sulfide) groups is 1. The Morgan fingerprint density at radius 1 is 1.03 bits per heavy atom. The van der Waals surface area contributed by atoms with Crippen LogP contribution in [0.3, 0.4) is 0 Å². The van der Waals surface area contributed by atoms with Crippen LogP contribution in [0, 0.1) is 11.3 Å². The molecule has 0 saturated carbocycles. The lowest BCUT2D eigenvalue weighted by Crippen LogP contribution is -2.36. The largest absolute Gasteiger partial charge is 0.459 e. The maximum Gasteiger partial charge on any atom is 0.322 e. The van der Waals surface area contributed by atoms with Crippen LogP contribution in [0.2, 0.25) is 0 Å². The summed E-state index contributed by atoms with van der Waals surface area (Å²) in [5, 5.41) is 12.6. The monoisotopic (exact) mass is 460 g/mol. The summed E-state index contributed by atoms with van der Waals surface area (Å²) in [5.41, 5.74) is 2.15. The zero-order valence-electron chi connectivity index (χ0n) is 18.7. The van der Waals surface area contributed by atoms with Gasteiger partial charge in [0.15, 0.2) is 0 Å². The van der Waals surface area contributed by atoms with Crippen LogP contribution in [0.5, 0.6) is 0 Å². The van der Waals surface area contributed by atoms with Crippen molar-refractivity contribution in [3.05, 3.63) is 60.3 Å². The predicted molar refractivity (Wildman–Crippen MR) is 133 cm³/mol. The van der Waals surface area contributed by atoms with E-state index in [1.165, 1.54) is 23.3 Å². The van der Waals surface area contributed by atoms with E-state index in [0.717, 1.165) is 36.9 Å². The number of ether oxygens (including phenoxy) is 1. The van der Waals surface area contributed by atoms with E-state index in [-0.39, 0.29) is 5.97 Å². The highest BCUT2D eigenvalue weighted by Gasteiger charge is 2.35. The van der Waals surface area contributed by atoms with E-state index in [0.29, 0.717) is 5.56 Å². The Balaban J connectivity index is 1.91. The van der Waals surface area contributed by atoms with Crippen molar-refractivity contribution in [3.63, 3.8) is 0 Å². The van der Waals surface area contributed by atoms with Gasteiger partial charge in [-0.15, -0.1) is 11.8 Å². The highest BCUT2D eigenvalue weighted by molar-refractivity contribution is 8.01. The lowest BCUT2D eigenvalue weighted by Gasteiger charge is -2.28. The van der Waals surface area contributed by atoms with Gasteiger partial charge in [0.2, 0.25) is 0 Å². The molecule has 4 rings (SSSR count). The molecular formula is C26H24N2O2S2. The van der Waals surface area contributed by atoms with Crippen molar-refractivity contribution < 1.29 is 9.53 Å². The molecule has 0 N–H and O–H groups in total. The average molecular weight is 461 g/mol. The van der Waals surface area contributed by atoms with Crippen LogP contribution in [0.1, 0.15) is 40.2 Å². The van der Waals surface area contributed by atoms with E-state index < -0.39 is 10.3 Å². The third-order valence-electron chi connectivity index (χ3n) is 5.06. The third-order valence-corrected chi connectivity index (χ3v) is 7.13. The van der Waals surface area contributed by atoms with Crippen molar-refractivity contribution in [3.8, 4) is 17.2 Å². The molecule has 32 heavy (non-hydrogen) atoms. The number of nitrogens with zero attached hydrogens (tertiary/aromatic N) is 2. The fourth-order valence-electron chi connectivity index (χ4n) is 3.59. The number of fused-ring (bicyclic) bond motifs is 2. The average Bonchev–Trinajstić information content (AvgIpc) is 3.20. The number of hydrogen-bond acceptors (Lipinski definition) is 6. The first-order chi connectivity index (χ1) is 15.1. The molecule has 4 aromatic rings. The molecule has 0 aliphatic rings. The lowest BCUT2D eigenvalue weighted by atomic mass is 9.95. The van der Waals surface area contributed by atoms with Gasteiger partial charge in [0, 0.05) is 27.4 Å². The second-order valence-corrected chi connectivity index (χ2v) is 11.6. The maximum atomic E-state index is 13.0. The highest BCUT2D eigenvalue weighted by Crippen LogP contribution is 2.46. The molecule has 0 fully saturated rings. The van der Waals surface area contributed by atoms with Crippen LogP contribution in [-0.4, -0.2) is 20.7 Å². The topological polar surface area (TPSA) is 63.0 Å². The molecule has 0 atom stereocenters. The molecule has 162 valence electrons. The molecule has 4 nitrogen and oxygen atoms in total. The molecule has 0 unspecified atom stereocenters. The molecule has 0 radical (unpaired) electrons. The zero-order valence-corrected chi connectivity index (χ0v) is 20.4. The molecule has 0 spiro atoms. The summed E-state index contributed by atoms with van der Waals surface area (Å²) in [7, 11) is 0. The van der Waals surface area contributed by atoms with Crippen molar-refractivity contribution in [2.45, 2.75) is 49.9 Å². The first-order valence-corrected chi connectivity index (χ1v) is 11.9. The zero-order chi connectivity index (χ0) is 23.1. The fourth-order valence-corrected chi connectivity index (χ4v) is 5.59. The van der Waals surface area contributed by atoms with Crippen LogP contribution >= 0.6 is 23.3 Å². The lowest BCUT2D eigenvalue weighted by molar-refractivity contribution is -0.156. The summed E-state index contributed by atoms with van der Waals surface area (Å²) in [6.45, 7) is 9.42.